The molecule has 26 heavy (non-hydrogen) atoms. The van der Waals surface area contributed by atoms with Crippen molar-refractivity contribution >= 4 is 5.91 Å². The molecule has 0 radical (unpaired) electrons. The lowest BCUT2D eigenvalue weighted by atomic mass is 9.92. The molecule has 1 aromatic rings. The molecule has 2 heterocycles. The van der Waals surface area contributed by atoms with Crippen LogP contribution in [0.5, 0.6) is 5.75 Å². The Balaban J connectivity index is 1.39. The number of likely N-dealkylation sites (tertiary alicyclic amines) is 1. The van der Waals surface area contributed by atoms with Gasteiger partial charge in [0.15, 0.2) is 11.6 Å². The monoisotopic (exact) mass is 364 g/mol. The van der Waals surface area contributed by atoms with Gasteiger partial charge >= 0.3 is 0 Å². The lowest BCUT2D eigenvalue weighted by Crippen LogP contribution is -2.41. The van der Waals surface area contributed by atoms with Crippen LogP contribution in [0.25, 0.3) is 0 Å². The molecular formula is C20H29FN2O3. The summed E-state index contributed by atoms with van der Waals surface area (Å²) >= 11 is 0. The first-order valence-electron chi connectivity index (χ1n) is 9.56. The van der Waals surface area contributed by atoms with E-state index < -0.39 is 0 Å². The number of benzene rings is 1. The summed E-state index contributed by atoms with van der Waals surface area (Å²) in [6, 6.07) is 5.42. The van der Waals surface area contributed by atoms with Crippen LogP contribution < -0.4 is 10.1 Å². The number of ether oxygens (including phenoxy) is 2. The normalized spacial score (nSPS) is 20.1. The molecular weight excluding hydrogens is 335 g/mol. The van der Waals surface area contributed by atoms with Gasteiger partial charge in [0, 0.05) is 32.2 Å². The van der Waals surface area contributed by atoms with Crippen LogP contribution in [-0.4, -0.2) is 50.3 Å². The van der Waals surface area contributed by atoms with E-state index >= 15 is 0 Å². The minimum absolute atomic E-state index is 0.174. The van der Waals surface area contributed by atoms with Gasteiger partial charge in [-0.15, -0.1) is 0 Å². The summed E-state index contributed by atoms with van der Waals surface area (Å²) in [6.45, 7) is 4.12. The van der Waals surface area contributed by atoms with Crippen LogP contribution >= 0.6 is 0 Å². The van der Waals surface area contributed by atoms with Gasteiger partial charge < -0.3 is 14.8 Å². The van der Waals surface area contributed by atoms with Crippen molar-refractivity contribution in [3.63, 3.8) is 0 Å². The number of nitrogens with one attached hydrogen (secondary N) is 1. The number of nitrogens with zero attached hydrogens (tertiary/aromatic N) is 1. The maximum absolute atomic E-state index is 13.8. The predicted molar refractivity (Wildman–Crippen MR) is 97.6 cm³/mol. The fraction of sp³-hybridized carbons (Fsp3) is 0.650. The standard InChI is InChI=1S/C20H29FN2O3/c1-25-19-3-2-16(12-18(19)21)14-23-8-4-15(5-9-23)13-20(24)22-17-6-10-26-11-7-17/h2-3,12,15,17H,4-11,13-14H2,1H3,(H,22,24). The first kappa shape index (κ1) is 19.1. The average Bonchev–Trinajstić information content (AvgIpc) is 2.64. The average molecular weight is 364 g/mol. The van der Waals surface area contributed by atoms with Gasteiger partial charge in [-0.3, -0.25) is 9.69 Å². The molecule has 2 saturated heterocycles. The zero-order valence-corrected chi connectivity index (χ0v) is 15.5. The molecule has 0 spiro atoms. The molecule has 2 aliphatic rings. The molecule has 0 unspecified atom stereocenters. The summed E-state index contributed by atoms with van der Waals surface area (Å²) in [5.41, 5.74) is 0.957. The van der Waals surface area contributed by atoms with Crippen LogP contribution in [0.4, 0.5) is 4.39 Å². The van der Waals surface area contributed by atoms with Crippen LogP contribution in [0, 0.1) is 11.7 Å². The van der Waals surface area contributed by atoms with Crippen LogP contribution in [-0.2, 0) is 16.1 Å². The van der Waals surface area contributed by atoms with Crippen molar-refractivity contribution in [2.75, 3.05) is 33.4 Å². The summed E-state index contributed by atoms with van der Waals surface area (Å²) in [7, 11) is 1.47. The second-order valence-electron chi connectivity index (χ2n) is 7.35. The molecule has 1 aromatic carbocycles. The first-order valence-corrected chi connectivity index (χ1v) is 9.56. The lowest BCUT2D eigenvalue weighted by Gasteiger charge is -2.32. The molecule has 3 rings (SSSR count). The van der Waals surface area contributed by atoms with Crippen molar-refractivity contribution in [3.05, 3.63) is 29.6 Å². The van der Waals surface area contributed by atoms with Gasteiger partial charge in [0.2, 0.25) is 5.91 Å². The Morgan fingerprint density at radius 1 is 1.27 bits per heavy atom. The molecule has 0 aliphatic carbocycles. The van der Waals surface area contributed by atoms with E-state index in [0.717, 1.165) is 64.1 Å². The summed E-state index contributed by atoms with van der Waals surface area (Å²) in [5, 5.41) is 3.15. The molecule has 5 nitrogen and oxygen atoms in total. The second-order valence-corrected chi connectivity index (χ2v) is 7.35. The van der Waals surface area contributed by atoms with Gasteiger partial charge in [-0.25, -0.2) is 4.39 Å². The van der Waals surface area contributed by atoms with Gasteiger partial charge in [-0.2, -0.15) is 0 Å². The van der Waals surface area contributed by atoms with E-state index in [4.69, 9.17) is 9.47 Å². The van der Waals surface area contributed by atoms with Crippen molar-refractivity contribution in [2.45, 2.75) is 44.7 Å². The molecule has 0 saturated carbocycles. The number of methoxy groups -OCH3 is 1. The SMILES string of the molecule is COc1ccc(CN2CCC(CC(=O)NC3CCOCC3)CC2)cc1F. The van der Waals surface area contributed by atoms with E-state index in [-0.39, 0.29) is 23.5 Å². The topological polar surface area (TPSA) is 50.8 Å². The number of hydrogen-bond acceptors (Lipinski definition) is 4. The van der Waals surface area contributed by atoms with E-state index in [9.17, 15) is 9.18 Å². The molecule has 2 aliphatic heterocycles. The molecule has 0 aromatic heterocycles. The zero-order chi connectivity index (χ0) is 18.4. The lowest BCUT2D eigenvalue weighted by molar-refractivity contribution is -0.123. The second kappa shape index (κ2) is 9.33. The first-order chi connectivity index (χ1) is 12.6. The molecule has 1 N–H and O–H groups in total. The maximum Gasteiger partial charge on any atom is 0.220 e. The largest absolute Gasteiger partial charge is 0.494 e. The highest BCUT2D eigenvalue weighted by Crippen LogP contribution is 2.24. The van der Waals surface area contributed by atoms with E-state index in [1.165, 1.54) is 7.11 Å². The Bertz CT molecular complexity index is 597. The molecule has 0 bridgehead atoms. The Kier molecular flexibility index (Phi) is 6.86. The Hall–Kier alpha value is -1.66. The van der Waals surface area contributed by atoms with Crippen LogP contribution in [0.2, 0.25) is 0 Å². The van der Waals surface area contributed by atoms with Crippen LogP contribution in [0.15, 0.2) is 18.2 Å². The number of amides is 1. The van der Waals surface area contributed by atoms with Crippen molar-refractivity contribution in [2.24, 2.45) is 5.92 Å². The molecule has 0 atom stereocenters. The van der Waals surface area contributed by atoms with Crippen molar-refractivity contribution in [1.82, 2.24) is 10.2 Å². The van der Waals surface area contributed by atoms with Gasteiger partial charge in [0.1, 0.15) is 0 Å². The highest BCUT2D eigenvalue weighted by Gasteiger charge is 2.23. The van der Waals surface area contributed by atoms with Crippen molar-refractivity contribution in [3.8, 4) is 5.75 Å². The summed E-state index contributed by atoms with van der Waals surface area (Å²) in [4.78, 5) is 14.6. The summed E-state index contributed by atoms with van der Waals surface area (Å²) < 4.78 is 24.1. The third-order valence-corrected chi connectivity index (χ3v) is 5.39. The number of halogens is 1. The number of carbonyl (C=O) groups excluding carboxylic acids is 1. The minimum Gasteiger partial charge on any atom is -0.494 e. The number of piperidine rings is 1. The van der Waals surface area contributed by atoms with E-state index in [0.29, 0.717) is 12.3 Å². The third kappa shape index (κ3) is 5.42. The number of carbonyl (C=O) groups is 1. The zero-order valence-electron chi connectivity index (χ0n) is 15.5. The quantitative estimate of drug-likeness (QED) is 0.843. The fourth-order valence-corrected chi connectivity index (χ4v) is 3.81. The highest BCUT2D eigenvalue weighted by atomic mass is 19.1. The maximum atomic E-state index is 13.8. The van der Waals surface area contributed by atoms with Crippen molar-refractivity contribution in [1.29, 1.82) is 0 Å². The fourth-order valence-electron chi connectivity index (χ4n) is 3.81. The Morgan fingerprint density at radius 3 is 2.65 bits per heavy atom. The molecule has 144 valence electrons. The number of rotatable bonds is 6. The summed E-state index contributed by atoms with van der Waals surface area (Å²) in [5.74, 6) is 0.582. The molecule has 6 heteroatoms. The number of hydrogen-bond donors (Lipinski definition) is 1. The Morgan fingerprint density at radius 2 is 2.00 bits per heavy atom. The van der Waals surface area contributed by atoms with Crippen molar-refractivity contribution < 1.29 is 18.7 Å². The van der Waals surface area contributed by atoms with Crippen LogP contribution in [0.3, 0.4) is 0 Å². The smallest absolute Gasteiger partial charge is 0.220 e. The van der Waals surface area contributed by atoms with Crippen LogP contribution in [0.1, 0.15) is 37.7 Å². The van der Waals surface area contributed by atoms with E-state index in [1.54, 1.807) is 12.1 Å². The van der Waals surface area contributed by atoms with Gasteiger partial charge in [0.25, 0.3) is 0 Å². The van der Waals surface area contributed by atoms with Gasteiger partial charge in [0.05, 0.1) is 7.11 Å². The molecule has 2 fully saturated rings. The van der Waals surface area contributed by atoms with Gasteiger partial charge in [-0.1, -0.05) is 6.07 Å². The van der Waals surface area contributed by atoms with E-state index in [1.807, 2.05) is 6.07 Å². The highest BCUT2D eigenvalue weighted by molar-refractivity contribution is 5.76. The van der Waals surface area contributed by atoms with Gasteiger partial charge in [-0.05, 0) is 62.4 Å². The molecule has 1 amide bonds. The summed E-state index contributed by atoms with van der Waals surface area (Å²) in [6.07, 6.45) is 4.48. The third-order valence-electron chi connectivity index (χ3n) is 5.39. The Labute approximate surface area is 154 Å². The predicted octanol–water partition coefficient (Wildman–Crippen LogP) is 2.73. The minimum atomic E-state index is -0.315. The van der Waals surface area contributed by atoms with E-state index in [2.05, 4.69) is 10.2 Å².